The predicted molar refractivity (Wildman–Crippen MR) is 57.6 cm³/mol. The van der Waals surface area contributed by atoms with Crippen molar-refractivity contribution in [3.05, 3.63) is 30.2 Å². The van der Waals surface area contributed by atoms with Gasteiger partial charge in [0.05, 0.1) is 0 Å². The van der Waals surface area contributed by atoms with E-state index in [1.54, 1.807) is 6.20 Å². The molecule has 3 heterocycles. The minimum Gasteiger partial charge on any atom is -0.332 e. The van der Waals surface area contributed by atoms with Gasteiger partial charge in [0.15, 0.2) is 5.82 Å². The first-order valence-electron chi connectivity index (χ1n) is 5.36. The van der Waals surface area contributed by atoms with Gasteiger partial charge in [-0.2, -0.15) is 4.98 Å². The van der Waals surface area contributed by atoms with E-state index in [1.165, 1.54) is 0 Å². The summed E-state index contributed by atoms with van der Waals surface area (Å²) in [6.07, 6.45) is 2.60. The third kappa shape index (κ3) is 1.81. The maximum Gasteiger partial charge on any atom is 0.276 e. The van der Waals surface area contributed by atoms with Crippen molar-refractivity contribution in [2.45, 2.75) is 6.42 Å². The van der Waals surface area contributed by atoms with Crippen LogP contribution in [0.4, 0.5) is 0 Å². The van der Waals surface area contributed by atoms with Crippen molar-refractivity contribution in [2.24, 2.45) is 5.92 Å². The fraction of sp³-hybridized carbons (Fsp3) is 0.364. The van der Waals surface area contributed by atoms with Crippen LogP contribution in [0.15, 0.2) is 28.9 Å². The van der Waals surface area contributed by atoms with Crippen LogP contribution in [0.5, 0.6) is 0 Å². The maximum atomic E-state index is 5.18. The highest BCUT2D eigenvalue weighted by Crippen LogP contribution is 2.16. The second-order valence-corrected chi connectivity index (χ2v) is 3.96. The summed E-state index contributed by atoms with van der Waals surface area (Å²) in [6, 6.07) is 5.63. The molecule has 0 bridgehead atoms. The molecule has 1 aliphatic rings. The van der Waals surface area contributed by atoms with Crippen LogP contribution in [-0.2, 0) is 6.42 Å². The second kappa shape index (κ2) is 4.02. The Kier molecular flexibility index (Phi) is 2.38. The van der Waals surface area contributed by atoms with Crippen LogP contribution in [-0.4, -0.2) is 28.2 Å². The molecule has 1 N–H and O–H groups in total. The minimum absolute atomic E-state index is 0.503. The SMILES string of the molecule is c1ccc(-c2nc(CC3CNC3)no2)nc1. The Labute approximate surface area is 92.9 Å². The molecular formula is C11H12N4O. The smallest absolute Gasteiger partial charge is 0.276 e. The molecule has 82 valence electrons. The fourth-order valence-corrected chi connectivity index (χ4v) is 1.68. The van der Waals surface area contributed by atoms with Crippen LogP contribution in [0.25, 0.3) is 11.6 Å². The van der Waals surface area contributed by atoms with Gasteiger partial charge in [0.2, 0.25) is 0 Å². The van der Waals surface area contributed by atoms with Gasteiger partial charge in [-0.1, -0.05) is 11.2 Å². The number of nitrogens with zero attached hydrogens (tertiary/aromatic N) is 3. The first-order chi connectivity index (χ1) is 7.92. The molecule has 3 rings (SSSR count). The summed E-state index contributed by atoms with van der Waals surface area (Å²) in [6.45, 7) is 2.10. The molecule has 0 unspecified atom stereocenters. The molecule has 0 aromatic carbocycles. The van der Waals surface area contributed by atoms with Crippen LogP contribution >= 0.6 is 0 Å². The molecule has 0 aliphatic carbocycles. The second-order valence-electron chi connectivity index (χ2n) is 3.96. The number of nitrogens with one attached hydrogen (secondary N) is 1. The largest absolute Gasteiger partial charge is 0.332 e. The van der Waals surface area contributed by atoms with Crippen molar-refractivity contribution in [1.82, 2.24) is 20.4 Å². The molecule has 1 aliphatic heterocycles. The van der Waals surface area contributed by atoms with E-state index < -0.39 is 0 Å². The lowest BCUT2D eigenvalue weighted by Gasteiger charge is -2.25. The summed E-state index contributed by atoms with van der Waals surface area (Å²) in [5.74, 6) is 1.92. The molecule has 0 amide bonds. The number of aromatic nitrogens is 3. The maximum absolute atomic E-state index is 5.18. The molecule has 0 spiro atoms. The Morgan fingerprint density at radius 3 is 3.00 bits per heavy atom. The monoisotopic (exact) mass is 216 g/mol. The highest BCUT2D eigenvalue weighted by atomic mass is 16.5. The summed E-state index contributed by atoms with van der Waals surface area (Å²) in [5, 5.41) is 7.18. The predicted octanol–water partition coefficient (Wildman–Crippen LogP) is 0.893. The summed E-state index contributed by atoms with van der Waals surface area (Å²) in [4.78, 5) is 8.50. The van der Waals surface area contributed by atoms with Gasteiger partial charge in [-0.05, 0) is 31.1 Å². The van der Waals surface area contributed by atoms with Crippen LogP contribution in [0.3, 0.4) is 0 Å². The fourth-order valence-electron chi connectivity index (χ4n) is 1.68. The zero-order valence-electron chi connectivity index (χ0n) is 8.76. The van der Waals surface area contributed by atoms with Crippen molar-refractivity contribution in [3.8, 4) is 11.6 Å². The van der Waals surface area contributed by atoms with Crippen molar-refractivity contribution in [3.63, 3.8) is 0 Å². The number of pyridine rings is 1. The number of hydrogen-bond acceptors (Lipinski definition) is 5. The van der Waals surface area contributed by atoms with Crippen LogP contribution in [0.1, 0.15) is 5.82 Å². The van der Waals surface area contributed by atoms with Crippen molar-refractivity contribution < 1.29 is 4.52 Å². The molecule has 5 heteroatoms. The van der Waals surface area contributed by atoms with Crippen LogP contribution in [0, 0.1) is 5.92 Å². The van der Waals surface area contributed by atoms with E-state index in [1.807, 2.05) is 18.2 Å². The Bertz CT molecular complexity index is 464. The van der Waals surface area contributed by atoms with Crippen molar-refractivity contribution >= 4 is 0 Å². The molecule has 1 saturated heterocycles. The van der Waals surface area contributed by atoms with E-state index >= 15 is 0 Å². The standard InChI is InChI=1S/C11H12N4O/c1-2-4-13-9(3-1)11-14-10(15-16-11)5-8-6-12-7-8/h1-4,8,12H,5-7H2. The van der Waals surface area contributed by atoms with Crippen molar-refractivity contribution in [2.75, 3.05) is 13.1 Å². The van der Waals surface area contributed by atoms with Gasteiger partial charge < -0.3 is 9.84 Å². The molecule has 2 aromatic rings. The Balaban J connectivity index is 1.77. The average molecular weight is 216 g/mol. The normalized spacial score (nSPS) is 16.0. The Morgan fingerprint density at radius 1 is 1.38 bits per heavy atom. The molecule has 2 aromatic heterocycles. The minimum atomic E-state index is 0.503. The van der Waals surface area contributed by atoms with E-state index in [0.717, 1.165) is 31.0 Å². The van der Waals surface area contributed by atoms with E-state index in [0.29, 0.717) is 11.8 Å². The van der Waals surface area contributed by atoms with E-state index in [2.05, 4.69) is 20.4 Å². The number of rotatable bonds is 3. The lowest BCUT2D eigenvalue weighted by molar-refractivity contribution is 0.333. The van der Waals surface area contributed by atoms with Crippen molar-refractivity contribution in [1.29, 1.82) is 0 Å². The zero-order valence-corrected chi connectivity index (χ0v) is 8.76. The van der Waals surface area contributed by atoms with E-state index in [4.69, 9.17) is 4.52 Å². The first kappa shape index (κ1) is 9.47. The van der Waals surface area contributed by atoms with Gasteiger partial charge in [-0.3, -0.25) is 4.98 Å². The summed E-state index contributed by atoms with van der Waals surface area (Å²) in [7, 11) is 0. The zero-order chi connectivity index (χ0) is 10.8. The van der Waals surface area contributed by atoms with Gasteiger partial charge in [0, 0.05) is 12.6 Å². The number of hydrogen-bond donors (Lipinski definition) is 1. The van der Waals surface area contributed by atoms with Gasteiger partial charge >= 0.3 is 0 Å². The van der Waals surface area contributed by atoms with Gasteiger partial charge in [-0.15, -0.1) is 0 Å². The topological polar surface area (TPSA) is 63.8 Å². The molecule has 1 fully saturated rings. The summed E-state index contributed by atoms with van der Waals surface area (Å²) < 4.78 is 5.18. The Hall–Kier alpha value is -1.75. The summed E-state index contributed by atoms with van der Waals surface area (Å²) >= 11 is 0. The molecule has 16 heavy (non-hydrogen) atoms. The third-order valence-corrected chi connectivity index (χ3v) is 2.69. The average Bonchev–Trinajstić information content (AvgIpc) is 2.73. The molecule has 0 atom stereocenters. The summed E-state index contributed by atoms with van der Waals surface area (Å²) in [5.41, 5.74) is 0.730. The lowest BCUT2D eigenvalue weighted by atomic mass is 9.99. The van der Waals surface area contributed by atoms with Crippen LogP contribution in [0.2, 0.25) is 0 Å². The first-order valence-corrected chi connectivity index (χ1v) is 5.36. The van der Waals surface area contributed by atoms with Crippen LogP contribution < -0.4 is 5.32 Å². The highest BCUT2D eigenvalue weighted by Gasteiger charge is 2.20. The third-order valence-electron chi connectivity index (χ3n) is 2.69. The molecule has 0 saturated carbocycles. The van der Waals surface area contributed by atoms with E-state index in [-0.39, 0.29) is 0 Å². The Morgan fingerprint density at radius 2 is 2.31 bits per heavy atom. The highest BCUT2D eigenvalue weighted by molar-refractivity contribution is 5.45. The molecule has 0 radical (unpaired) electrons. The van der Waals surface area contributed by atoms with Gasteiger partial charge in [0.1, 0.15) is 5.69 Å². The van der Waals surface area contributed by atoms with Gasteiger partial charge in [0.25, 0.3) is 5.89 Å². The molecule has 5 nitrogen and oxygen atoms in total. The molecular weight excluding hydrogens is 204 g/mol. The van der Waals surface area contributed by atoms with Gasteiger partial charge in [-0.25, -0.2) is 0 Å². The quantitative estimate of drug-likeness (QED) is 0.825. The van der Waals surface area contributed by atoms with E-state index in [9.17, 15) is 0 Å². The lowest BCUT2D eigenvalue weighted by Crippen LogP contribution is -2.43.